The molecule has 0 aliphatic carbocycles. The molecule has 0 spiro atoms. The van der Waals surface area contributed by atoms with Gasteiger partial charge in [-0.25, -0.2) is 0 Å². The molecular formula is C25H42NO8+. The van der Waals surface area contributed by atoms with E-state index in [-0.39, 0.29) is 18.4 Å². The van der Waals surface area contributed by atoms with Crippen LogP contribution in [0.25, 0.3) is 0 Å². The molecule has 0 bridgehead atoms. The predicted octanol–water partition coefficient (Wildman–Crippen LogP) is 0.915. The summed E-state index contributed by atoms with van der Waals surface area (Å²) in [7, 11) is 0. The van der Waals surface area contributed by atoms with Gasteiger partial charge < -0.3 is 35.6 Å². The van der Waals surface area contributed by atoms with Gasteiger partial charge in [0.25, 0.3) is 0 Å². The first-order valence-corrected chi connectivity index (χ1v) is 12.2. The number of aliphatic hydroxyl groups is 4. The lowest BCUT2D eigenvalue weighted by Gasteiger charge is -2.24. The van der Waals surface area contributed by atoms with E-state index in [2.05, 4.69) is 5.32 Å². The number of unbranched alkanes of at least 4 members (excludes halogenated alkanes) is 7. The van der Waals surface area contributed by atoms with Crippen molar-refractivity contribution in [2.75, 3.05) is 13.2 Å². The second-order valence-electron chi connectivity index (χ2n) is 8.60. The molecular weight excluding hydrogens is 442 g/mol. The highest BCUT2D eigenvalue weighted by Gasteiger charge is 2.31. The van der Waals surface area contributed by atoms with Crippen molar-refractivity contribution in [3.8, 4) is 0 Å². The van der Waals surface area contributed by atoms with Gasteiger partial charge in [-0.3, -0.25) is 9.59 Å². The maximum absolute atomic E-state index is 11.8. The number of amides is 1. The van der Waals surface area contributed by atoms with Gasteiger partial charge in [0.15, 0.2) is 12.7 Å². The smallest absolute Gasteiger partial charge is 0.306 e. The minimum Gasteiger partial charge on any atom is -0.461 e. The lowest BCUT2D eigenvalue weighted by Crippen LogP contribution is -2.49. The predicted molar refractivity (Wildman–Crippen MR) is 128 cm³/mol. The standard InChI is InChI=1S/C25H41NO8/c27-17-21(29)25(33)24(32)20(28)16-26-22(30)14-10-5-3-1-2-4-6-11-15-23(31)34-18-19-12-8-7-9-13-19/h7-9,12-13,20-21,24-25,27-29,32-33H,1-6,10-11,14-18H2,(H,26,30)/p+1/t20-,21+,24+,25+/m0/s1. The van der Waals surface area contributed by atoms with Crippen molar-refractivity contribution in [2.45, 2.75) is 95.2 Å². The lowest BCUT2D eigenvalue weighted by molar-refractivity contribution is -0.145. The van der Waals surface area contributed by atoms with E-state index in [1.54, 1.807) is 0 Å². The molecule has 34 heavy (non-hydrogen) atoms. The molecule has 1 amide bonds. The molecule has 194 valence electrons. The first-order chi connectivity index (χ1) is 16.3. The second-order valence-corrected chi connectivity index (χ2v) is 8.60. The summed E-state index contributed by atoms with van der Waals surface area (Å²) in [6.07, 6.45) is 2.28. The molecule has 0 unspecified atom stereocenters. The van der Waals surface area contributed by atoms with E-state index in [0.29, 0.717) is 19.4 Å². The van der Waals surface area contributed by atoms with Gasteiger partial charge in [-0.1, -0.05) is 68.9 Å². The summed E-state index contributed by atoms with van der Waals surface area (Å²) in [5.74, 6) is -0.410. The quantitative estimate of drug-likeness (QED) is 0.111. The van der Waals surface area contributed by atoms with Crippen molar-refractivity contribution in [2.24, 2.45) is 0 Å². The number of carbonyl (C=O) groups excluding carboxylic acids is 2. The van der Waals surface area contributed by atoms with Crippen LogP contribution in [-0.4, -0.2) is 75.0 Å². The number of nitrogens with one attached hydrogen (secondary N) is 1. The fraction of sp³-hybridized carbons (Fsp3) is 0.680. The SMILES string of the molecule is O=C(CCCCCCCCCCC(=O)OCc1ccccc1)NC[C@H](O)[C@@H](O)[C@H](O)[C@H](O)C[OH2+]. The van der Waals surface area contributed by atoms with Crippen molar-refractivity contribution in [1.82, 2.24) is 5.32 Å². The number of aliphatic hydroxyl groups excluding tert-OH is 4. The zero-order valence-electron chi connectivity index (χ0n) is 19.9. The van der Waals surface area contributed by atoms with E-state index in [0.717, 1.165) is 56.9 Å². The molecule has 0 saturated heterocycles. The normalized spacial score (nSPS) is 14.7. The highest BCUT2D eigenvalue weighted by atomic mass is 16.5. The zero-order valence-corrected chi connectivity index (χ0v) is 19.9. The summed E-state index contributed by atoms with van der Waals surface area (Å²) in [5.41, 5.74) is 0.988. The third kappa shape index (κ3) is 13.6. The van der Waals surface area contributed by atoms with E-state index in [4.69, 9.17) is 9.84 Å². The molecule has 0 heterocycles. The first kappa shape index (κ1) is 30.0. The van der Waals surface area contributed by atoms with Crippen LogP contribution in [0, 0.1) is 0 Å². The summed E-state index contributed by atoms with van der Waals surface area (Å²) in [6.45, 7) is -0.414. The van der Waals surface area contributed by atoms with Crippen molar-refractivity contribution < 1.29 is 39.9 Å². The first-order valence-electron chi connectivity index (χ1n) is 12.2. The fourth-order valence-electron chi connectivity index (χ4n) is 3.43. The summed E-state index contributed by atoms with van der Waals surface area (Å²) >= 11 is 0. The van der Waals surface area contributed by atoms with Crippen molar-refractivity contribution in [3.05, 3.63) is 35.9 Å². The van der Waals surface area contributed by atoms with Crippen LogP contribution in [0.2, 0.25) is 0 Å². The number of hydrogen-bond acceptors (Lipinski definition) is 7. The van der Waals surface area contributed by atoms with Gasteiger partial charge in [0.1, 0.15) is 18.8 Å². The minimum atomic E-state index is -1.64. The van der Waals surface area contributed by atoms with Gasteiger partial charge >= 0.3 is 5.97 Å². The fourth-order valence-corrected chi connectivity index (χ4v) is 3.43. The number of esters is 1. The average Bonchev–Trinajstić information content (AvgIpc) is 2.86. The molecule has 0 aromatic heterocycles. The molecule has 0 fully saturated rings. The maximum atomic E-state index is 11.8. The number of carbonyl (C=O) groups is 2. The molecule has 9 nitrogen and oxygen atoms in total. The molecule has 9 heteroatoms. The highest BCUT2D eigenvalue weighted by molar-refractivity contribution is 5.75. The van der Waals surface area contributed by atoms with Crippen LogP contribution in [0.3, 0.4) is 0 Å². The van der Waals surface area contributed by atoms with Crippen LogP contribution in [0.4, 0.5) is 0 Å². The lowest BCUT2D eigenvalue weighted by atomic mass is 10.0. The highest BCUT2D eigenvalue weighted by Crippen LogP contribution is 2.12. The van der Waals surface area contributed by atoms with Gasteiger partial charge in [-0.15, -0.1) is 0 Å². The molecule has 1 aromatic rings. The van der Waals surface area contributed by atoms with Gasteiger partial charge in [0, 0.05) is 19.4 Å². The minimum absolute atomic E-state index is 0.161. The van der Waals surface area contributed by atoms with E-state index in [9.17, 15) is 30.0 Å². The van der Waals surface area contributed by atoms with E-state index >= 15 is 0 Å². The Bertz CT molecular complexity index is 672. The molecule has 7 N–H and O–H groups in total. The molecule has 0 aliphatic heterocycles. The monoisotopic (exact) mass is 484 g/mol. The number of rotatable bonds is 19. The Balaban J connectivity index is 1.93. The average molecular weight is 485 g/mol. The van der Waals surface area contributed by atoms with E-state index in [1.807, 2.05) is 30.3 Å². The van der Waals surface area contributed by atoms with Gasteiger partial charge in [0.2, 0.25) is 5.91 Å². The molecule has 4 atom stereocenters. The third-order valence-corrected chi connectivity index (χ3v) is 5.63. The van der Waals surface area contributed by atoms with Crippen molar-refractivity contribution in [1.29, 1.82) is 0 Å². The summed E-state index contributed by atoms with van der Waals surface area (Å²) in [4.78, 5) is 23.6. The maximum Gasteiger partial charge on any atom is 0.306 e. The van der Waals surface area contributed by atoms with Crippen molar-refractivity contribution in [3.63, 3.8) is 0 Å². The van der Waals surface area contributed by atoms with Crippen LogP contribution in [0.15, 0.2) is 30.3 Å². The van der Waals surface area contributed by atoms with Gasteiger partial charge in [-0.05, 0) is 18.4 Å². The van der Waals surface area contributed by atoms with Crippen molar-refractivity contribution >= 4 is 11.9 Å². The van der Waals surface area contributed by atoms with Crippen LogP contribution < -0.4 is 5.32 Å². The third-order valence-electron chi connectivity index (χ3n) is 5.63. The summed E-state index contributed by atoms with van der Waals surface area (Å²) in [6, 6.07) is 9.62. The van der Waals surface area contributed by atoms with Crippen LogP contribution in [0.5, 0.6) is 0 Å². The van der Waals surface area contributed by atoms with Gasteiger partial charge in [-0.2, -0.15) is 0 Å². The van der Waals surface area contributed by atoms with Crippen LogP contribution >= 0.6 is 0 Å². The Kier molecular flexibility index (Phi) is 16.1. The Morgan fingerprint density at radius 3 is 1.91 bits per heavy atom. The number of ether oxygens (including phenoxy) is 1. The summed E-state index contributed by atoms with van der Waals surface area (Å²) < 4.78 is 5.26. The Labute approximate surface area is 201 Å². The molecule has 0 aliphatic rings. The Morgan fingerprint density at radius 1 is 0.794 bits per heavy atom. The van der Waals surface area contributed by atoms with Gasteiger partial charge in [0.05, 0.1) is 6.10 Å². The number of hydrogen-bond donors (Lipinski definition) is 5. The number of benzene rings is 1. The molecule has 0 saturated carbocycles. The van der Waals surface area contributed by atoms with Crippen LogP contribution in [0.1, 0.15) is 69.8 Å². The summed E-state index contributed by atoms with van der Waals surface area (Å²) in [5, 5.41) is 47.9. The molecule has 1 rings (SSSR count). The Morgan fingerprint density at radius 2 is 1.32 bits per heavy atom. The van der Waals surface area contributed by atoms with Crippen LogP contribution in [-0.2, 0) is 20.9 Å². The topological polar surface area (TPSA) is 159 Å². The zero-order chi connectivity index (χ0) is 25.2. The van der Waals surface area contributed by atoms with E-state index in [1.165, 1.54) is 0 Å². The largest absolute Gasteiger partial charge is 0.461 e. The van der Waals surface area contributed by atoms with E-state index < -0.39 is 31.0 Å². The second kappa shape index (κ2) is 18.3. The molecule has 0 radical (unpaired) electrons. The Hall–Kier alpha value is -2.04. The molecule has 1 aromatic carbocycles.